The number of aromatic nitrogens is 1. The topological polar surface area (TPSA) is 76.0 Å². The van der Waals surface area contributed by atoms with Gasteiger partial charge in [-0.05, 0) is 68.2 Å². The van der Waals surface area contributed by atoms with E-state index in [1.54, 1.807) is 13.1 Å². The fourth-order valence-electron chi connectivity index (χ4n) is 5.49. The molecule has 37 heavy (non-hydrogen) atoms. The van der Waals surface area contributed by atoms with Gasteiger partial charge in [-0.25, -0.2) is 0 Å². The molecule has 194 valence electrons. The number of carbonyl (C=O) groups excluding carboxylic acids is 1. The fraction of sp³-hybridized carbons (Fsp3) is 0.429. The molecule has 0 saturated carbocycles. The molecule has 0 atom stereocenters. The Bertz CT molecular complexity index is 1350. The molecule has 1 saturated heterocycles. The first kappa shape index (κ1) is 25.4. The maximum Gasteiger partial charge on any atom is 0.251 e. The molecule has 1 aromatic heterocycles. The molecular weight excluding hydrogens is 467 g/mol. The highest BCUT2D eigenvalue weighted by Crippen LogP contribution is 2.31. The molecule has 2 aliphatic rings. The van der Waals surface area contributed by atoms with E-state index in [-0.39, 0.29) is 11.5 Å². The third-order valence-corrected chi connectivity index (χ3v) is 7.67. The predicted molar refractivity (Wildman–Crippen MR) is 147 cm³/mol. The summed E-state index contributed by atoms with van der Waals surface area (Å²) >= 11 is 0. The largest absolute Gasteiger partial charge is 0.486 e. The van der Waals surface area contributed by atoms with Crippen LogP contribution in [0, 0.1) is 6.92 Å². The van der Waals surface area contributed by atoms with Crippen LogP contribution in [-0.2, 0) is 13.1 Å². The van der Waals surface area contributed by atoms with E-state index in [0.717, 1.165) is 67.0 Å². The third-order valence-electron chi connectivity index (χ3n) is 7.67. The van der Waals surface area contributed by atoms with Gasteiger partial charge in [-0.15, -0.1) is 0 Å². The Kier molecular flexibility index (Phi) is 7.53. The summed E-state index contributed by atoms with van der Waals surface area (Å²) in [6.45, 7) is 7.43. The summed E-state index contributed by atoms with van der Waals surface area (Å²) in [6, 6.07) is 14.0. The molecule has 2 aromatic carbocycles. The number of piperidine rings is 1. The van der Waals surface area contributed by atoms with Crippen LogP contribution in [0.5, 0.6) is 11.5 Å². The Balaban J connectivity index is 1.20. The maximum atomic E-state index is 12.9. The number of aryl methyl sites for hydroxylation is 1. The van der Waals surface area contributed by atoms with Crippen LogP contribution in [0.3, 0.4) is 0 Å². The number of nitrogens with one attached hydrogen (secondary N) is 1. The van der Waals surface area contributed by atoms with Gasteiger partial charge in [-0.3, -0.25) is 9.59 Å². The second-order valence-corrected chi connectivity index (χ2v) is 10.1. The summed E-state index contributed by atoms with van der Waals surface area (Å²) in [5, 5.41) is 3.68. The number of hydrogen-bond acceptors (Lipinski definition) is 6. The second kappa shape index (κ2) is 11.0. The van der Waals surface area contributed by atoms with Crippen molar-refractivity contribution in [1.82, 2.24) is 19.6 Å². The van der Waals surface area contributed by atoms with Crippen LogP contribution in [0.15, 0.2) is 47.3 Å². The smallest absolute Gasteiger partial charge is 0.251 e. The van der Waals surface area contributed by atoms with Crippen LogP contribution in [0.2, 0.25) is 0 Å². The highest BCUT2D eigenvalue weighted by atomic mass is 16.6. The second-order valence-electron chi connectivity index (χ2n) is 10.1. The van der Waals surface area contributed by atoms with Crippen molar-refractivity contribution in [3.8, 4) is 11.5 Å². The third kappa shape index (κ3) is 5.52. The number of nitrogens with zero attached hydrogens (tertiary/aromatic N) is 3. The quantitative estimate of drug-likeness (QED) is 0.498. The van der Waals surface area contributed by atoms with Gasteiger partial charge in [0.25, 0.3) is 11.5 Å². The zero-order chi connectivity index (χ0) is 25.9. The molecule has 0 bridgehead atoms. The van der Waals surface area contributed by atoms with Crippen LogP contribution in [-0.4, -0.2) is 74.1 Å². The average molecular weight is 502 g/mol. The van der Waals surface area contributed by atoms with Crippen molar-refractivity contribution in [3.05, 3.63) is 69.5 Å². The van der Waals surface area contributed by atoms with Gasteiger partial charge in [0.2, 0.25) is 0 Å². The van der Waals surface area contributed by atoms with Gasteiger partial charge in [0.1, 0.15) is 13.2 Å². The van der Waals surface area contributed by atoms with E-state index in [1.807, 2.05) is 35.8 Å². The van der Waals surface area contributed by atoms with Crippen LogP contribution >= 0.6 is 0 Å². The van der Waals surface area contributed by atoms with E-state index in [0.29, 0.717) is 31.4 Å². The first-order valence-corrected chi connectivity index (χ1v) is 13.1. The number of ether oxygens (including phenoxy) is 2. The lowest BCUT2D eigenvalue weighted by molar-refractivity contribution is 0.0963. The standard InChI is InChI=1S/C28H35BN4O4/c1-19-15-27(34)32(24-17-21(28(35)30-2)4-5-23(19)24)12-11-31-9-7-22(8-10-31)33(29)18-20-3-6-25-26(16-20)37-14-13-36-25/h3-6,15-17,22H,7-14,18,29H2,1-2H3,(H,30,35). The number of amides is 1. The first-order valence-electron chi connectivity index (χ1n) is 13.1. The molecule has 0 spiro atoms. The summed E-state index contributed by atoms with van der Waals surface area (Å²) in [4.78, 5) is 30.0. The molecule has 3 aromatic rings. The molecule has 1 fully saturated rings. The molecule has 3 heterocycles. The van der Waals surface area contributed by atoms with Gasteiger partial charge in [0, 0.05) is 49.7 Å². The SMILES string of the molecule is BN(Cc1ccc2c(c1)OCCO2)C1CCN(CCn2c(=O)cc(C)c3ccc(C(=O)NC)cc32)CC1. The van der Waals surface area contributed by atoms with Crippen LogP contribution < -0.4 is 20.3 Å². The average Bonchev–Trinajstić information content (AvgIpc) is 2.92. The summed E-state index contributed by atoms with van der Waals surface area (Å²) in [5.41, 5.74) is 3.53. The van der Waals surface area contributed by atoms with Gasteiger partial charge < -0.3 is 29.1 Å². The highest BCUT2D eigenvalue weighted by molar-refractivity contribution is 6.04. The monoisotopic (exact) mass is 502 g/mol. The molecule has 0 radical (unpaired) electrons. The number of hydrogen-bond donors (Lipinski definition) is 1. The minimum Gasteiger partial charge on any atom is -0.486 e. The van der Waals surface area contributed by atoms with E-state index in [9.17, 15) is 9.59 Å². The van der Waals surface area contributed by atoms with E-state index in [4.69, 9.17) is 9.47 Å². The van der Waals surface area contributed by atoms with Crippen molar-refractivity contribution in [2.45, 2.75) is 38.9 Å². The van der Waals surface area contributed by atoms with E-state index in [1.165, 1.54) is 5.56 Å². The van der Waals surface area contributed by atoms with Crippen molar-refractivity contribution < 1.29 is 14.3 Å². The van der Waals surface area contributed by atoms with Crippen LogP contribution in [0.1, 0.15) is 34.3 Å². The Morgan fingerprint density at radius 2 is 1.81 bits per heavy atom. The lowest BCUT2D eigenvalue weighted by Crippen LogP contribution is -2.44. The zero-order valence-electron chi connectivity index (χ0n) is 22.0. The molecule has 2 aliphatic heterocycles. The van der Waals surface area contributed by atoms with Gasteiger partial charge >= 0.3 is 0 Å². The highest BCUT2D eigenvalue weighted by Gasteiger charge is 2.23. The van der Waals surface area contributed by atoms with Crippen molar-refractivity contribution >= 4 is 24.8 Å². The lowest BCUT2D eigenvalue weighted by atomic mass is 9.99. The Labute approximate surface area is 218 Å². The number of likely N-dealkylation sites (tertiary alicyclic amines) is 1. The van der Waals surface area contributed by atoms with Gasteiger partial charge in [-0.2, -0.15) is 0 Å². The van der Waals surface area contributed by atoms with Crippen molar-refractivity contribution in [1.29, 1.82) is 0 Å². The van der Waals surface area contributed by atoms with Crippen LogP contribution in [0.4, 0.5) is 0 Å². The van der Waals surface area contributed by atoms with Crippen molar-refractivity contribution in [2.75, 3.05) is 39.9 Å². The Hall–Kier alpha value is -3.30. The molecule has 8 nitrogen and oxygen atoms in total. The van der Waals surface area contributed by atoms with Crippen molar-refractivity contribution in [2.24, 2.45) is 0 Å². The molecule has 5 rings (SSSR count). The number of rotatable bonds is 7. The molecule has 0 aliphatic carbocycles. The molecule has 9 heteroatoms. The molecule has 0 unspecified atom stereocenters. The van der Waals surface area contributed by atoms with Gasteiger partial charge in [-0.1, -0.05) is 12.1 Å². The first-order chi connectivity index (χ1) is 17.9. The number of carbonyl (C=O) groups is 1. The van der Waals surface area contributed by atoms with Gasteiger partial charge in [0.15, 0.2) is 19.5 Å². The Morgan fingerprint density at radius 1 is 1.05 bits per heavy atom. The normalized spacial score (nSPS) is 16.3. The van der Waals surface area contributed by atoms with E-state index < -0.39 is 0 Å². The molecule has 1 N–H and O–H groups in total. The fourth-order valence-corrected chi connectivity index (χ4v) is 5.49. The number of pyridine rings is 1. The van der Waals surface area contributed by atoms with Crippen LogP contribution in [0.25, 0.3) is 10.9 Å². The van der Waals surface area contributed by atoms with E-state index in [2.05, 4.69) is 35.1 Å². The molecule has 1 amide bonds. The number of fused-ring (bicyclic) bond motifs is 2. The van der Waals surface area contributed by atoms with Gasteiger partial charge in [0.05, 0.1) is 5.52 Å². The zero-order valence-corrected chi connectivity index (χ0v) is 22.0. The predicted octanol–water partition coefficient (Wildman–Crippen LogP) is 1.96. The summed E-state index contributed by atoms with van der Waals surface area (Å²) in [5.74, 6) is 1.52. The summed E-state index contributed by atoms with van der Waals surface area (Å²) < 4.78 is 13.2. The Morgan fingerprint density at radius 3 is 2.57 bits per heavy atom. The lowest BCUT2D eigenvalue weighted by Gasteiger charge is -2.37. The number of benzene rings is 2. The minimum absolute atomic E-state index is 0.0203. The minimum atomic E-state index is -0.148. The molecular formula is C28H35BN4O4. The summed E-state index contributed by atoms with van der Waals surface area (Å²) in [7, 11) is 3.81. The summed E-state index contributed by atoms with van der Waals surface area (Å²) in [6.07, 6.45) is 2.18. The van der Waals surface area contributed by atoms with E-state index >= 15 is 0 Å². The maximum absolute atomic E-state index is 12.9. The van der Waals surface area contributed by atoms with Crippen molar-refractivity contribution in [3.63, 3.8) is 0 Å².